The molecule has 0 saturated heterocycles. The van der Waals surface area contributed by atoms with Crippen LogP contribution in [0.15, 0.2) is 59.7 Å². The first-order chi connectivity index (χ1) is 13.6. The van der Waals surface area contributed by atoms with Crippen molar-refractivity contribution in [1.82, 2.24) is 20.1 Å². The number of hydrogen-bond acceptors (Lipinski definition) is 4. The number of amides is 1. The van der Waals surface area contributed by atoms with Gasteiger partial charge in [-0.05, 0) is 43.2 Å². The largest absolute Gasteiger partial charge is 0.349 e. The molecule has 2 aromatic heterocycles. The normalized spacial score (nSPS) is 14.2. The first-order valence-corrected chi connectivity index (χ1v) is 9.61. The van der Waals surface area contributed by atoms with Gasteiger partial charge in [-0.2, -0.15) is 9.78 Å². The summed E-state index contributed by atoms with van der Waals surface area (Å²) in [6.45, 7) is 0. The van der Waals surface area contributed by atoms with Crippen LogP contribution in [0, 0.1) is 0 Å². The maximum atomic E-state index is 13.0. The third-order valence-electron chi connectivity index (χ3n) is 4.88. The van der Waals surface area contributed by atoms with Crippen molar-refractivity contribution in [3.63, 3.8) is 0 Å². The number of carbonyl (C=O) groups is 1. The van der Waals surface area contributed by atoms with Gasteiger partial charge in [0.1, 0.15) is 5.56 Å². The molecule has 142 valence electrons. The second-order valence-corrected chi connectivity index (χ2v) is 7.27. The lowest BCUT2D eigenvalue weighted by molar-refractivity contribution is 0.0935. The van der Waals surface area contributed by atoms with Crippen LogP contribution in [0.3, 0.4) is 0 Å². The molecule has 0 spiro atoms. The third kappa shape index (κ3) is 3.82. The van der Waals surface area contributed by atoms with Crippen LogP contribution in [0.5, 0.6) is 0 Å². The summed E-state index contributed by atoms with van der Waals surface area (Å²) in [6.07, 6.45) is 7.23. The van der Waals surface area contributed by atoms with E-state index in [1.165, 1.54) is 4.68 Å². The van der Waals surface area contributed by atoms with Crippen molar-refractivity contribution in [1.29, 1.82) is 0 Å². The number of nitrogens with one attached hydrogen (secondary N) is 1. The van der Waals surface area contributed by atoms with E-state index in [9.17, 15) is 9.59 Å². The third-order valence-corrected chi connectivity index (χ3v) is 5.13. The van der Waals surface area contributed by atoms with Gasteiger partial charge in [0.15, 0.2) is 0 Å². The van der Waals surface area contributed by atoms with Gasteiger partial charge in [-0.15, -0.1) is 0 Å². The van der Waals surface area contributed by atoms with Crippen molar-refractivity contribution in [2.75, 3.05) is 0 Å². The molecule has 28 heavy (non-hydrogen) atoms. The first kappa shape index (κ1) is 18.4. The molecule has 1 N–H and O–H groups in total. The quantitative estimate of drug-likeness (QED) is 0.733. The highest BCUT2D eigenvalue weighted by molar-refractivity contribution is 6.30. The Labute approximate surface area is 167 Å². The van der Waals surface area contributed by atoms with Gasteiger partial charge in [-0.1, -0.05) is 36.6 Å². The van der Waals surface area contributed by atoms with Crippen LogP contribution < -0.4 is 10.9 Å². The Hall–Kier alpha value is -2.99. The van der Waals surface area contributed by atoms with Crippen LogP contribution in [0.25, 0.3) is 16.9 Å². The lowest BCUT2D eigenvalue weighted by atomic mass is 10.1. The Kier molecular flexibility index (Phi) is 5.21. The summed E-state index contributed by atoms with van der Waals surface area (Å²) >= 11 is 5.98. The molecule has 1 aliphatic carbocycles. The zero-order chi connectivity index (χ0) is 19.5. The molecule has 6 nitrogen and oxygen atoms in total. The number of benzene rings is 1. The number of halogens is 1. The molecule has 1 aliphatic rings. The van der Waals surface area contributed by atoms with E-state index in [-0.39, 0.29) is 17.5 Å². The van der Waals surface area contributed by atoms with Crippen LogP contribution >= 0.6 is 11.6 Å². The molecule has 1 amide bonds. The number of hydrogen-bond donors (Lipinski definition) is 1. The maximum absolute atomic E-state index is 13.0. The van der Waals surface area contributed by atoms with E-state index in [1.54, 1.807) is 54.9 Å². The fraction of sp³-hybridized carbons (Fsp3) is 0.238. The molecule has 1 saturated carbocycles. The second kappa shape index (κ2) is 7.94. The van der Waals surface area contributed by atoms with Crippen molar-refractivity contribution in [2.45, 2.75) is 31.7 Å². The molecule has 7 heteroatoms. The summed E-state index contributed by atoms with van der Waals surface area (Å²) in [6, 6.07) is 12.2. The summed E-state index contributed by atoms with van der Waals surface area (Å²) in [5.74, 6) is -0.368. The summed E-state index contributed by atoms with van der Waals surface area (Å²) in [4.78, 5) is 29.9. The Balaban J connectivity index is 1.81. The van der Waals surface area contributed by atoms with Gasteiger partial charge in [-0.3, -0.25) is 14.6 Å². The van der Waals surface area contributed by atoms with E-state index < -0.39 is 5.56 Å². The molecule has 0 aliphatic heterocycles. The van der Waals surface area contributed by atoms with Gasteiger partial charge >= 0.3 is 0 Å². The zero-order valence-electron chi connectivity index (χ0n) is 15.1. The molecule has 2 heterocycles. The Bertz CT molecular complexity index is 1040. The molecule has 1 aromatic carbocycles. The summed E-state index contributed by atoms with van der Waals surface area (Å²) in [5, 5.41) is 8.04. The second-order valence-electron chi connectivity index (χ2n) is 6.83. The van der Waals surface area contributed by atoms with Crippen LogP contribution in [0.4, 0.5) is 0 Å². The highest BCUT2D eigenvalue weighted by Gasteiger charge is 2.22. The van der Waals surface area contributed by atoms with Gasteiger partial charge in [0.2, 0.25) is 0 Å². The van der Waals surface area contributed by atoms with E-state index in [0.717, 1.165) is 31.2 Å². The molecular weight excluding hydrogens is 376 g/mol. The van der Waals surface area contributed by atoms with Crippen molar-refractivity contribution in [3.05, 3.63) is 75.8 Å². The molecular formula is C21H19ClN4O2. The smallest absolute Gasteiger partial charge is 0.284 e. The van der Waals surface area contributed by atoms with Gasteiger partial charge in [0.05, 0.1) is 17.6 Å². The standard InChI is InChI=1S/C21H19ClN4O2/c22-15-9-7-14(8-10-15)19-12-18(20(27)24-16-4-1-2-5-16)21(28)26(25-19)17-6-3-11-23-13-17/h3,6-13,16H,1-2,4-5H2,(H,24,27). The number of rotatable bonds is 4. The lowest BCUT2D eigenvalue weighted by Crippen LogP contribution is -2.38. The molecule has 0 bridgehead atoms. The Morgan fingerprint density at radius 3 is 2.57 bits per heavy atom. The van der Waals surface area contributed by atoms with Crippen molar-refractivity contribution in [3.8, 4) is 16.9 Å². The molecule has 1 fully saturated rings. The summed E-state index contributed by atoms with van der Waals surface area (Å²) in [5.41, 5.74) is 1.36. The predicted molar refractivity (Wildman–Crippen MR) is 108 cm³/mol. The summed E-state index contributed by atoms with van der Waals surface area (Å²) in [7, 11) is 0. The number of nitrogens with zero attached hydrogens (tertiary/aromatic N) is 3. The maximum Gasteiger partial charge on any atom is 0.284 e. The fourth-order valence-electron chi connectivity index (χ4n) is 3.41. The Morgan fingerprint density at radius 1 is 1.14 bits per heavy atom. The minimum absolute atomic E-state index is 0.0655. The van der Waals surface area contributed by atoms with E-state index in [2.05, 4.69) is 15.4 Å². The number of aromatic nitrogens is 3. The SMILES string of the molecule is O=C(NC1CCCC1)c1cc(-c2ccc(Cl)cc2)nn(-c2cccnc2)c1=O. The highest BCUT2D eigenvalue weighted by Crippen LogP contribution is 2.21. The van der Waals surface area contributed by atoms with E-state index >= 15 is 0 Å². The molecule has 0 atom stereocenters. The van der Waals surface area contributed by atoms with E-state index in [4.69, 9.17) is 11.6 Å². The van der Waals surface area contributed by atoms with Crippen LogP contribution in [-0.2, 0) is 0 Å². The average molecular weight is 395 g/mol. The highest BCUT2D eigenvalue weighted by atomic mass is 35.5. The van der Waals surface area contributed by atoms with Crippen molar-refractivity contribution in [2.24, 2.45) is 0 Å². The Morgan fingerprint density at radius 2 is 1.89 bits per heavy atom. The predicted octanol–water partition coefficient (Wildman–Crippen LogP) is 3.62. The molecule has 0 unspecified atom stereocenters. The van der Waals surface area contributed by atoms with Gasteiger partial charge in [-0.25, -0.2) is 0 Å². The minimum Gasteiger partial charge on any atom is -0.349 e. The number of carbonyl (C=O) groups excluding carboxylic acids is 1. The monoisotopic (exact) mass is 394 g/mol. The van der Waals surface area contributed by atoms with Crippen LogP contribution in [-0.4, -0.2) is 26.7 Å². The lowest BCUT2D eigenvalue weighted by Gasteiger charge is -2.14. The molecule has 4 rings (SSSR count). The van der Waals surface area contributed by atoms with Crippen molar-refractivity contribution >= 4 is 17.5 Å². The number of pyridine rings is 1. The molecule has 0 radical (unpaired) electrons. The average Bonchev–Trinajstić information content (AvgIpc) is 3.22. The van der Waals surface area contributed by atoms with Crippen LogP contribution in [0.1, 0.15) is 36.0 Å². The topological polar surface area (TPSA) is 76.9 Å². The fourth-order valence-corrected chi connectivity index (χ4v) is 3.53. The van der Waals surface area contributed by atoms with Gasteiger partial charge < -0.3 is 5.32 Å². The van der Waals surface area contributed by atoms with Crippen LogP contribution in [0.2, 0.25) is 5.02 Å². The zero-order valence-corrected chi connectivity index (χ0v) is 15.9. The van der Waals surface area contributed by atoms with E-state index in [0.29, 0.717) is 16.4 Å². The van der Waals surface area contributed by atoms with Crippen molar-refractivity contribution < 1.29 is 4.79 Å². The molecule has 3 aromatic rings. The van der Waals surface area contributed by atoms with Gasteiger partial charge in [0.25, 0.3) is 11.5 Å². The van der Waals surface area contributed by atoms with E-state index in [1.807, 2.05) is 0 Å². The van der Waals surface area contributed by atoms with Gasteiger partial charge in [0, 0.05) is 22.8 Å². The summed E-state index contributed by atoms with van der Waals surface area (Å²) < 4.78 is 1.22. The minimum atomic E-state index is -0.471. The first-order valence-electron chi connectivity index (χ1n) is 9.23.